The summed E-state index contributed by atoms with van der Waals surface area (Å²) < 4.78 is 7.58. The van der Waals surface area contributed by atoms with Crippen molar-refractivity contribution in [1.82, 2.24) is 9.55 Å². The lowest BCUT2D eigenvalue weighted by Crippen LogP contribution is -2.01. The van der Waals surface area contributed by atoms with E-state index >= 15 is 0 Å². The summed E-state index contributed by atoms with van der Waals surface area (Å²) in [6.45, 7) is 0. The van der Waals surface area contributed by atoms with Crippen molar-refractivity contribution in [1.29, 1.82) is 5.26 Å². The average Bonchev–Trinajstić information content (AvgIpc) is 2.83. The molecule has 0 saturated heterocycles. The van der Waals surface area contributed by atoms with E-state index < -0.39 is 0 Å². The normalized spacial score (nSPS) is 10.5. The molecule has 6 heteroatoms. The van der Waals surface area contributed by atoms with Crippen molar-refractivity contribution in [2.24, 2.45) is 0 Å². The fourth-order valence-corrected chi connectivity index (χ4v) is 2.89. The second-order valence-electron chi connectivity index (χ2n) is 4.37. The molecule has 0 aliphatic rings. The maximum Gasteiger partial charge on any atom is 0.182 e. The van der Waals surface area contributed by atoms with Crippen LogP contribution >= 0.6 is 23.8 Å². The number of nitrogens with one attached hydrogen (secondary N) is 1. The summed E-state index contributed by atoms with van der Waals surface area (Å²) in [4.78, 5) is 3.10. The van der Waals surface area contributed by atoms with Crippen molar-refractivity contribution >= 4 is 34.9 Å². The molecule has 4 nitrogen and oxygen atoms in total. The van der Waals surface area contributed by atoms with E-state index in [1.165, 1.54) is 0 Å². The van der Waals surface area contributed by atoms with Crippen molar-refractivity contribution < 1.29 is 4.74 Å². The van der Waals surface area contributed by atoms with Gasteiger partial charge in [-0.3, -0.25) is 4.57 Å². The van der Waals surface area contributed by atoms with E-state index in [-0.39, 0.29) is 0 Å². The molecule has 0 spiro atoms. The number of fused-ring (bicyclic) bond motifs is 1. The number of nitrogens with zero attached hydrogens (tertiary/aromatic N) is 2. The molecule has 2 aromatic carbocycles. The van der Waals surface area contributed by atoms with E-state index in [2.05, 4.69) is 11.1 Å². The molecule has 1 N–H and O–H groups in total. The van der Waals surface area contributed by atoms with E-state index in [0.717, 1.165) is 11.0 Å². The first-order valence-corrected chi connectivity index (χ1v) is 6.92. The second kappa shape index (κ2) is 5.24. The predicted octanol–water partition coefficient (Wildman–Crippen LogP) is 4.22. The third-order valence-corrected chi connectivity index (χ3v) is 3.81. The smallest absolute Gasteiger partial charge is 0.182 e. The number of H-pyrrole nitrogens is 1. The van der Waals surface area contributed by atoms with Crippen molar-refractivity contribution in [2.75, 3.05) is 7.11 Å². The fourth-order valence-electron chi connectivity index (χ4n) is 2.34. The minimum absolute atomic E-state index is 0.458. The zero-order valence-corrected chi connectivity index (χ0v) is 12.6. The SMILES string of the molecule is COc1cccc(C#N)c1-n1c(=S)[nH]c2cccc(Cl)c21. The number of hydrogen-bond acceptors (Lipinski definition) is 3. The first-order valence-electron chi connectivity index (χ1n) is 6.14. The van der Waals surface area contributed by atoms with Crippen LogP contribution in [0.15, 0.2) is 36.4 Å². The monoisotopic (exact) mass is 315 g/mol. The van der Waals surface area contributed by atoms with Crippen molar-refractivity contribution in [3.05, 3.63) is 51.8 Å². The molecule has 1 heterocycles. The fraction of sp³-hybridized carbons (Fsp3) is 0.0667. The van der Waals surface area contributed by atoms with Crippen LogP contribution in [-0.4, -0.2) is 16.7 Å². The van der Waals surface area contributed by atoms with Crippen LogP contribution in [0.5, 0.6) is 5.75 Å². The van der Waals surface area contributed by atoms with Crippen LogP contribution in [0.3, 0.4) is 0 Å². The van der Waals surface area contributed by atoms with Gasteiger partial charge in [0.2, 0.25) is 0 Å². The summed E-state index contributed by atoms with van der Waals surface area (Å²) in [5.74, 6) is 0.561. The maximum absolute atomic E-state index is 9.37. The van der Waals surface area contributed by atoms with Crippen LogP contribution in [0, 0.1) is 16.1 Å². The summed E-state index contributed by atoms with van der Waals surface area (Å²) in [5.41, 5.74) is 2.59. The number of methoxy groups -OCH3 is 1. The summed E-state index contributed by atoms with van der Waals surface area (Å²) in [5, 5.41) is 9.92. The molecule has 3 rings (SSSR count). The molecule has 0 unspecified atom stereocenters. The van der Waals surface area contributed by atoms with Gasteiger partial charge in [0.25, 0.3) is 0 Å². The highest BCUT2D eigenvalue weighted by Crippen LogP contribution is 2.32. The Morgan fingerprint density at radius 1 is 1.29 bits per heavy atom. The average molecular weight is 316 g/mol. The van der Waals surface area contributed by atoms with Crippen LogP contribution in [0.2, 0.25) is 5.02 Å². The molecular weight excluding hydrogens is 306 g/mol. The molecule has 104 valence electrons. The number of para-hydroxylation sites is 2. The third kappa shape index (κ3) is 2.09. The molecule has 0 aliphatic heterocycles. The van der Waals surface area contributed by atoms with E-state index in [0.29, 0.717) is 26.8 Å². The number of hydrogen-bond donors (Lipinski definition) is 1. The topological polar surface area (TPSA) is 53.7 Å². The van der Waals surface area contributed by atoms with Gasteiger partial charge in [-0.15, -0.1) is 0 Å². The highest BCUT2D eigenvalue weighted by Gasteiger charge is 2.17. The number of imidazole rings is 1. The van der Waals surface area contributed by atoms with Gasteiger partial charge in [-0.2, -0.15) is 5.26 Å². The van der Waals surface area contributed by atoms with Crippen molar-refractivity contribution in [3.8, 4) is 17.5 Å². The molecule has 0 radical (unpaired) electrons. The Morgan fingerprint density at radius 2 is 2.05 bits per heavy atom. The van der Waals surface area contributed by atoms with Crippen LogP contribution in [-0.2, 0) is 0 Å². The Morgan fingerprint density at radius 3 is 2.76 bits per heavy atom. The predicted molar refractivity (Wildman–Crippen MR) is 84.7 cm³/mol. The Kier molecular flexibility index (Phi) is 3.42. The molecule has 1 aromatic heterocycles. The van der Waals surface area contributed by atoms with E-state index in [9.17, 15) is 5.26 Å². The summed E-state index contributed by atoms with van der Waals surface area (Å²) in [7, 11) is 1.56. The molecule has 3 aromatic rings. The number of halogens is 1. The number of ether oxygens (including phenoxy) is 1. The van der Waals surface area contributed by atoms with Crippen LogP contribution in [0.1, 0.15) is 5.56 Å². The standard InChI is InChI=1S/C15H10ClN3OS/c1-20-12-7-2-4-9(8-17)13(12)19-14-10(16)5-3-6-11(14)18-15(19)21/h2-7H,1H3,(H,18,21). The lowest BCUT2D eigenvalue weighted by Gasteiger charge is -2.12. The molecule has 0 atom stereocenters. The molecule has 0 bridgehead atoms. The van der Waals surface area contributed by atoms with Gasteiger partial charge in [-0.1, -0.05) is 23.7 Å². The molecular formula is C15H10ClN3OS. The third-order valence-electron chi connectivity index (χ3n) is 3.22. The number of benzene rings is 2. The van der Waals surface area contributed by atoms with Gasteiger partial charge in [0.15, 0.2) is 4.77 Å². The van der Waals surface area contributed by atoms with Gasteiger partial charge >= 0.3 is 0 Å². The van der Waals surface area contributed by atoms with Gasteiger partial charge in [0.1, 0.15) is 17.5 Å². The zero-order valence-electron chi connectivity index (χ0n) is 11.1. The highest BCUT2D eigenvalue weighted by molar-refractivity contribution is 7.71. The Hall–Kier alpha value is -2.29. The van der Waals surface area contributed by atoms with E-state index in [4.69, 9.17) is 28.6 Å². The number of aromatic amines is 1. The van der Waals surface area contributed by atoms with Gasteiger partial charge in [0.05, 0.1) is 28.7 Å². The van der Waals surface area contributed by atoms with Gasteiger partial charge in [-0.25, -0.2) is 0 Å². The first kappa shape index (κ1) is 13.7. The quantitative estimate of drug-likeness (QED) is 0.720. The van der Waals surface area contributed by atoms with Crippen LogP contribution in [0.25, 0.3) is 16.7 Å². The largest absolute Gasteiger partial charge is 0.495 e. The van der Waals surface area contributed by atoms with Crippen molar-refractivity contribution in [2.45, 2.75) is 0 Å². The lowest BCUT2D eigenvalue weighted by atomic mass is 10.1. The van der Waals surface area contributed by atoms with Crippen molar-refractivity contribution in [3.63, 3.8) is 0 Å². The Labute approximate surface area is 131 Å². The Balaban J connectivity index is 2.50. The van der Waals surface area contributed by atoms with E-state index in [1.807, 2.05) is 12.1 Å². The molecule has 0 fully saturated rings. The molecule has 21 heavy (non-hydrogen) atoms. The van der Waals surface area contributed by atoms with Gasteiger partial charge < -0.3 is 9.72 Å². The van der Waals surface area contributed by atoms with Gasteiger partial charge in [0, 0.05) is 0 Å². The molecule has 0 amide bonds. The van der Waals surface area contributed by atoms with E-state index in [1.54, 1.807) is 35.9 Å². The number of nitriles is 1. The first-order chi connectivity index (χ1) is 10.2. The van der Waals surface area contributed by atoms with Crippen LogP contribution in [0.4, 0.5) is 0 Å². The number of rotatable bonds is 2. The lowest BCUT2D eigenvalue weighted by molar-refractivity contribution is 0.413. The summed E-state index contributed by atoms with van der Waals surface area (Å²) >= 11 is 11.7. The summed E-state index contributed by atoms with van der Waals surface area (Å²) in [6, 6.07) is 12.9. The minimum atomic E-state index is 0.458. The second-order valence-corrected chi connectivity index (χ2v) is 5.16. The maximum atomic E-state index is 9.37. The van der Waals surface area contributed by atoms with Gasteiger partial charge in [-0.05, 0) is 36.5 Å². The number of aromatic nitrogens is 2. The molecule has 0 saturated carbocycles. The van der Waals surface area contributed by atoms with Crippen LogP contribution < -0.4 is 4.74 Å². The summed E-state index contributed by atoms with van der Waals surface area (Å²) in [6.07, 6.45) is 0. The zero-order chi connectivity index (χ0) is 15.0. The highest BCUT2D eigenvalue weighted by atomic mass is 35.5. The minimum Gasteiger partial charge on any atom is -0.495 e. The molecule has 0 aliphatic carbocycles. The Bertz CT molecular complexity index is 936.